The molecule has 1 aliphatic rings. The van der Waals surface area contributed by atoms with Crippen LogP contribution in [0.25, 0.3) is 0 Å². The molecule has 140 valence electrons. The van der Waals surface area contributed by atoms with Crippen molar-refractivity contribution in [3.63, 3.8) is 0 Å². The average molecular weight is 368 g/mol. The van der Waals surface area contributed by atoms with E-state index in [1.807, 2.05) is 19.0 Å². The summed E-state index contributed by atoms with van der Waals surface area (Å²) >= 11 is 0. The highest BCUT2D eigenvalue weighted by Gasteiger charge is 2.25. The molecule has 0 aromatic heterocycles. The number of nitrogens with one attached hydrogen (secondary N) is 2. The van der Waals surface area contributed by atoms with E-state index in [4.69, 9.17) is 0 Å². The summed E-state index contributed by atoms with van der Waals surface area (Å²) in [5, 5.41) is 16.5. The second-order valence-electron chi connectivity index (χ2n) is 6.64. The number of non-ortho nitro benzene ring substituents is 1. The third-order valence-electron chi connectivity index (χ3n) is 4.21. The van der Waals surface area contributed by atoms with Gasteiger partial charge in [0.2, 0.25) is 0 Å². The van der Waals surface area contributed by atoms with E-state index in [1.165, 1.54) is 24.3 Å². The summed E-state index contributed by atoms with van der Waals surface area (Å²) in [6.45, 7) is 0. The van der Waals surface area contributed by atoms with Gasteiger partial charge in [-0.15, -0.1) is 0 Å². The molecule has 2 N–H and O–H groups in total. The summed E-state index contributed by atoms with van der Waals surface area (Å²) in [6.07, 6.45) is 1.96. The predicted molar refractivity (Wildman–Crippen MR) is 102 cm³/mol. The van der Waals surface area contributed by atoms with Gasteiger partial charge in [-0.3, -0.25) is 19.7 Å². The number of nitrogens with zero attached hydrogens (tertiary/aromatic N) is 2. The average Bonchev–Trinajstić information content (AvgIpc) is 3.45. The van der Waals surface area contributed by atoms with Crippen LogP contribution in [0.5, 0.6) is 0 Å². The summed E-state index contributed by atoms with van der Waals surface area (Å²) in [5.74, 6) is -0.669. The number of nitro groups is 1. The van der Waals surface area contributed by atoms with Gasteiger partial charge >= 0.3 is 0 Å². The zero-order valence-corrected chi connectivity index (χ0v) is 15.1. The summed E-state index contributed by atoms with van der Waals surface area (Å²) < 4.78 is 0. The number of anilines is 2. The first-order valence-electron chi connectivity index (χ1n) is 8.53. The Morgan fingerprint density at radius 1 is 1.11 bits per heavy atom. The molecule has 8 heteroatoms. The number of nitro benzene ring substituents is 1. The minimum Gasteiger partial charge on any atom is -0.377 e. The standard InChI is InChI=1S/C19H20N4O4/c1-22(2)17-9-8-14(11-16(17)19(25)20-13-6-7-13)21-18(24)12-4-3-5-15(10-12)23(26)27/h3-5,8-11,13H,6-7H2,1-2H3,(H,20,25)(H,21,24). The molecular weight excluding hydrogens is 348 g/mol. The molecule has 2 aromatic carbocycles. The van der Waals surface area contributed by atoms with E-state index < -0.39 is 10.8 Å². The molecule has 0 aliphatic heterocycles. The van der Waals surface area contributed by atoms with Crippen LogP contribution in [-0.4, -0.2) is 36.9 Å². The van der Waals surface area contributed by atoms with Crippen LogP contribution in [-0.2, 0) is 0 Å². The molecule has 0 saturated heterocycles. The van der Waals surface area contributed by atoms with Gasteiger partial charge in [-0.05, 0) is 37.1 Å². The van der Waals surface area contributed by atoms with Gasteiger partial charge in [-0.2, -0.15) is 0 Å². The Morgan fingerprint density at radius 3 is 2.48 bits per heavy atom. The number of amides is 2. The lowest BCUT2D eigenvalue weighted by molar-refractivity contribution is -0.384. The van der Waals surface area contributed by atoms with Gasteiger partial charge in [0.15, 0.2) is 0 Å². The Morgan fingerprint density at radius 2 is 1.85 bits per heavy atom. The number of hydrogen-bond acceptors (Lipinski definition) is 5. The molecule has 1 saturated carbocycles. The van der Waals surface area contributed by atoms with Gasteiger partial charge in [0.25, 0.3) is 17.5 Å². The maximum absolute atomic E-state index is 12.5. The fourth-order valence-corrected chi connectivity index (χ4v) is 2.64. The maximum atomic E-state index is 12.5. The molecule has 2 aromatic rings. The van der Waals surface area contributed by atoms with E-state index in [2.05, 4.69) is 10.6 Å². The SMILES string of the molecule is CN(C)c1ccc(NC(=O)c2cccc([N+](=O)[O-])c2)cc1C(=O)NC1CC1. The van der Waals surface area contributed by atoms with Crippen molar-refractivity contribution >= 4 is 28.9 Å². The first-order valence-corrected chi connectivity index (χ1v) is 8.53. The Bertz CT molecular complexity index is 906. The first-order chi connectivity index (χ1) is 12.8. The van der Waals surface area contributed by atoms with Crippen LogP contribution in [0.15, 0.2) is 42.5 Å². The van der Waals surface area contributed by atoms with Crippen LogP contribution in [0.2, 0.25) is 0 Å². The Labute approximate surface area is 156 Å². The summed E-state index contributed by atoms with van der Waals surface area (Å²) in [6, 6.07) is 10.8. The van der Waals surface area contributed by atoms with Crippen LogP contribution >= 0.6 is 0 Å². The monoisotopic (exact) mass is 368 g/mol. The zero-order chi connectivity index (χ0) is 19.6. The number of hydrogen-bond donors (Lipinski definition) is 2. The lowest BCUT2D eigenvalue weighted by Gasteiger charge is -2.18. The Hall–Kier alpha value is -3.42. The minimum absolute atomic E-state index is 0.157. The molecule has 0 spiro atoms. The molecule has 8 nitrogen and oxygen atoms in total. The normalized spacial score (nSPS) is 13.0. The second kappa shape index (κ2) is 7.45. The molecule has 1 aliphatic carbocycles. The van der Waals surface area contributed by atoms with E-state index in [0.717, 1.165) is 18.5 Å². The summed E-state index contributed by atoms with van der Waals surface area (Å²) in [5.41, 5.74) is 1.66. The molecular formula is C19H20N4O4. The van der Waals surface area contributed by atoms with E-state index in [1.54, 1.807) is 18.2 Å². The second-order valence-corrected chi connectivity index (χ2v) is 6.64. The zero-order valence-electron chi connectivity index (χ0n) is 15.1. The number of carbonyl (C=O) groups excluding carboxylic acids is 2. The van der Waals surface area contributed by atoms with Crippen molar-refractivity contribution in [2.24, 2.45) is 0 Å². The lowest BCUT2D eigenvalue weighted by atomic mass is 10.1. The quantitative estimate of drug-likeness (QED) is 0.603. The van der Waals surface area contributed by atoms with Crippen molar-refractivity contribution in [2.45, 2.75) is 18.9 Å². The van der Waals surface area contributed by atoms with Crippen molar-refractivity contribution in [3.05, 3.63) is 63.7 Å². The van der Waals surface area contributed by atoms with Crippen LogP contribution < -0.4 is 15.5 Å². The van der Waals surface area contributed by atoms with Crippen molar-refractivity contribution < 1.29 is 14.5 Å². The molecule has 0 heterocycles. The Kier molecular flexibility index (Phi) is 5.07. The predicted octanol–water partition coefficient (Wildman–Crippen LogP) is 2.81. The molecule has 27 heavy (non-hydrogen) atoms. The van der Waals surface area contributed by atoms with Crippen LogP contribution in [0.3, 0.4) is 0 Å². The van der Waals surface area contributed by atoms with Gasteiger partial charge in [0.1, 0.15) is 0 Å². The third-order valence-corrected chi connectivity index (χ3v) is 4.21. The molecule has 0 radical (unpaired) electrons. The molecule has 2 amide bonds. The van der Waals surface area contributed by atoms with Crippen LogP contribution in [0.4, 0.5) is 17.1 Å². The number of rotatable bonds is 6. The van der Waals surface area contributed by atoms with Crippen molar-refractivity contribution in [1.82, 2.24) is 5.32 Å². The van der Waals surface area contributed by atoms with E-state index in [9.17, 15) is 19.7 Å². The molecule has 0 atom stereocenters. The number of benzene rings is 2. The maximum Gasteiger partial charge on any atom is 0.270 e. The lowest BCUT2D eigenvalue weighted by Crippen LogP contribution is -2.27. The van der Waals surface area contributed by atoms with Gasteiger partial charge in [0.05, 0.1) is 10.5 Å². The first kappa shape index (κ1) is 18.4. The van der Waals surface area contributed by atoms with Gasteiger partial charge in [-0.25, -0.2) is 0 Å². The fourth-order valence-electron chi connectivity index (χ4n) is 2.64. The van der Waals surface area contributed by atoms with Crippen molar-refractivity contribution in [2.75, 3.05) is 24.3 Å². The minimum atomic E-state index is -0.553. The third kappa shape index (κ3) is 4.41. The highest BCUT2D eigenvalue weighted by molar-refractivity contribution is 6.06. The molecule has 0 unspecified atom stereocenters. The largest absolute Gasteiger partial charge is 0.377 e. The van der Waals surface area contributed by atoms with E-state index in [-0.39, 0.29) is 23.2 Å². The van der Waals surface area contributed by atoms with Crippen molar-refractivity contribution in [1.29, 1.82) is 0 Å². The smallest absolute Gasteiger partial charge is 0.270 e. The van der Waals surface area contributed by atoms with E-state index >= 15 is 0 Å². The Balaban J connectivity index is 1.83. The van der Waals surface area contributed by atoms with Gasteiger partial charge in [0, 0.05) is 49.2 Å². The highest BCUT2D eigenvalue weighted by atomic mass is 16.6. The molecule has 0 bridgehead atoms. The highest BCUT2D eigenvalue weighted by Crippen LogP contribution is 2.26. The van der Waals surface area contributed by atoms with Crippen LogP contribution in [0, 0.1) is 10.1 Å². The summed E-state index contributed by atoms with van der Waals surface area (Å²) in [4.78, 5) is 37.1. The summed E-state index contributed by atoms with van der Waals surface area (Å²) in [7, 11) is 3.68. The van der Waals surface area contributed by atoms with Gasteiger partial charge in [-0.1, -0.05) is 6.07 Å². The van der Waals surface area contributed by atoms with Crippen LogP contribution in [0.1, 0.15) is 33.6 Å². The molecule has 3 rings (SSSR count). The fraction of sp³-hybridized carbons (Fsp3) is 0.263. The molecule has 1 fully saturated rings. The topological polar surface area (TPSA) is 105 Å². The van der Waals surface area contributed by atoms with E-state index in [0.29, 0.717) is 11.3 Å². The van der Waals surface area contributed by atoms with Gasteiger partial charge < -0.3 is 15.5 Å². The number of carbonyl (C=O) groups is 2. The van der Waals surface area contributed by atoms with Crippen molar-refractivity contribution in [3.8, 4) is 0 Å².